The van der Waals surface area contributed by atoms with Crippen LogP contribution >= 0.6 is 7.37 Å². The van der Waals surface area contributed by atoms with Crippen molar-refractivity contribution in [2.45, 2.75) is 43.7 Å². The highest BCUT2D eigenvalue weighted by Gasteiger charge is 2.26. The molecule has 1 fully saturated rings. The Hall–Kier alpha value is -2.21. The van der Waals surface area contributed by atoms with Crippen LogP contribution in [0.15, 0.2) is 42.5 Å². The summed E-state index contributed by atoms with van der Waals surface area (Å²) in [6.07, 6.45) is 1.62. The molecule has 0 radical (unpaired) electrons. The SMILES string of the molecule is COc1ccc(F)c(C2CCC(NC(=O)c3cccc([C@H](O)CP(C)(=O)O)c3)CC2)c1. The van der Waals surface area contributed by atoms with Gasteiger partial charge in [-0.05, 0) is 73.1 Å². The van der Waals surface area contributed by atoms with Crippen LogP contribution in [0.2, 0.25) is 0 Å². The molecule has 1 aliphatic carbocycles. The number of halogens is 1. The monoisotopic (exact) mass is 449 g/mol. The van der Waals surface area contributed by atoms with E-state index in [9.17, 15) is 23.7 Å². The molecule has 1 saturated carbocycles. The number of aliphatic hydroxyl groups excluding tert-OH is 1. The summed E-state index contributed by atoms with van der Waals surface area (Å²) in [5.74, 6) is 0.233. The fraction of sp³-hybridized carbons (Fsp3) is 0.435. The van der Waals surface area contributed by atoms with Crippen LogP contribution in [0.4, 0.5) is 4.39 Å². The van der Waals surface area contributed by atoms with Crippen LogP contribution in [0.25, 0.3) is 0 Å². The van der Waals surface area contributed by atoms with E-state index in [1.807, 2.05) is 0 Å². The third-order valence-corrected chi connectivity index (χ3v) is 6.77. The smallest absolute Gasteiger partial charge is 0.251 e. The van der Waals surface area contributed by atoms with Crippen molar-refractivity contribution in [2.75, 3.05) is 19.9 Å². The van der Waals surface area contributed by atoms with Crippen molar-refractivity contribution in [1.82, 2.24) is 5.32 Å². The Morgan fingerprint density at radius 1 is 1.23 bits per heavy atom. The first-order chi connectivity index (χ1) is 14.7. The van der Waals surface area contributed by atoms with Crippen molar-refractivity contribution in [1.29, 1.82) is 0 Å². The van der Waals surface area contributed by atoms with Crippen molar-refractivity contribution in [3.05, 3.63) is 65.0 Å². The summed E-state index contributed by atoms with van der Waals surface area (Å²) in [5.41, 5.74) is 1.48. The van der Waals surface area contributed by atoms with Crippen molar-refractivity contribution < 1.29 is 28.5 Å². The molecule has 0 aliphatic heterocycles. The van der Waals surface area contributed by atoms with Crippen molar-refractivity contribution >= 4 is 13.3 Å². The van der Waals surface area contributed by atoms with E-state index in [0.29, 0.717) is 22.4 Å². The van der Waals surface area contributed by atoms with Gasteiger partial charge < -0.3 is 20.1 Å². The summed E-state index contributed by atoms with van der Waals surface area (Å²) in [4.78, 5) is 22.2. The van der Waals surface area contributed by atoms with E-state index in [2.05, 4.69) is 5.32 Å². The summed E-state index contributed by atoms with van der Waals surface area (Å²) >= 11 is 0. The molecule has 2 atom stereocenters. The van der Waals surface area contributed by atoms with Crippen molar-refractivity contribution in [2.24, 2.45) is 0 Å². The molecule has 168 valence electrons. The van der Waals surface area contributed by atoms with Crippen LogP contribution in [-0.2, 0) is 4.57 Å². The van der Waals surface area contributed by atoms with E-state index in [-0.39, 0.29) is 29.8 Å². The van der Waals surface area contributed by atoms with Crippen LogP contribution in [0.3, 0.4) is 0 Å². The maximum absolute atomic E-state index is 14.2. The van der Waals surface area contributed by atoms with E-state index < -0.39 is 13.5 Å². The predicted molar refractivity (Wildman–Crippen MR) is 117 cm³/mol. The Morgan fingerprint density at radius 3 is 2.58 bits per heavy atom. The molecule has 1 amide bonds. The Balaban J connectivity index is 1.59. The standard InChI is InChI=1S/C23H29FNO5P/c1-30-19-10-11-21(24)20(13-19)15-6-8-18(9-7-15)25-23(27)17-5-3-4-16(12-17)22(26)14-31(2,28)29/h3-5,10-13,15,18,22,26H,6-9,14H2,1-2H3,(H,25,27)(H,28,29)/t15?,18?,22-/m1/s1. The van der Waals surface area contributed by atoms with Gasteiger partial charge in [-0.1, -0.05) is 12.1 Å². The highest BCUT2D eigenvalue weighted by atomic mass is 31.2. The molecule has 0 spiro atoms. The molecule has 3 rings (SSSR count). The minimum atomic E-state index is -3.38. The second kappa shape index (κ2) is 9.94. The van der Waals surface area contributed by atoms with Gasteiger partial charge >= 0.3 is 0 Å². The van der Waals surface area contributed by atoms with E-state index in [1.165, 1.54) is 12.7 Å². The number of ether oxygens (including phenoxy) is 1. The molecule has 1 aliphatic rings. The molecule has 1 unspecified atom stereocenters. The molecular weight excluding hydrogens is 420 g/mol. The Kier molecular flexibility index (Phi) is 7.52. The van der Waals surface area contributed by atoms with Gasteiger partial charge in [-0.15, -0.1) is 0 Å². The van der Waals surface area contributed by atoms with Crippen LogP contribution in [-0.4, -0.2) is 41.9 Å². The summed E-state index contributed by atoms with van der Waals surface area (Å²) in [6.45, 7) is 1.19. The number of carbonyl (C=O) groups excluding carboxylic acids is 1. The van der Waals surface area contributed by atoms with Gasteiger partial charge in [-0.3, -0.25) is 9.36 Å². The second-order valence-electron chi connectivity index (χ2n) is 8.28. The number of benzene rings is 2. The molecule has 3 N–H and O–H groups in total. The zero-order valence-corrected chi connectivity index (χ0v) is 18.6. The zero-order valence-electron chi connectivity index (χ0n) is 17.8. The maximum atomic E-state index is 14.2. The third-order valence-electron chi connectivity index (χ3n) is 5.75. The zero-order chi connectivity index (χ0) is 22.6. The molecule has 0 heterocycles. The van der Waals surface area contributed by atoms with Gasteiger partial charge in [-0.2, -0.15) is 0 Å². The van der Waals surface area contributed by atoms with E-state index in [1.54, 1.807) is 43.5 Å². The Bertz CT molecular complexity index is 968. The molecule has 31 heavy (non-hydrogen) atoms. The lowest BCUT2D eigenvalue weighted by Gasteiger charge is -2.29. The van der Waals surface area contributed by atoms with Gasteiger partial charge in [0.05, 0.1) is 19.4 Å². The van der Waals surface area contributed by atoms with Crippen LogP contribution in [0.5, 0.6) is 5.75 Å². The minimum absolute atomic E-state index is 0.0145. The molecule has 0 aromatic heterocycles. The molecular formula is C23H29FNO5P. The Labute approximate surface area is 181 Å². The van der Waals surface area contributed by atoms with Crippen LogP contribution in [0, 0.1) is 5.82 Å². The fourth-order valence-corrected chi connectivity index (χ4v) is 4.95. The van der Waals surface area contributed by atoms with Gasteiger partial charge in [0.15, 0.2) is 0 Å². The largest absolute Gasteiger partial charge is 0.497 e. The van der Waals surface area contributed by atoms with E-state index >= 15 is 0 Å². The average molecular weight is 449 g/mol. The Morgan fingerprint density at radius 2 is 1.94 bits per heavy atom. The lowest BCUT2D eigenvalue weighted by Crippen LogP contribution is -2.37. The van der Waals surface area contributed by atoms with Gasteiger partial charge in [-0.25, -0.2) is 4.39 Å². The number of amides is 1. The lowest BCUT2D eigenvalue weighted by molar-refractivity contribution is 0.0925. The quantitative estimate of drug-likeness (QED) is 0.550. The van der Waals surface area contributed by atoms with E-state index in [0.717, 1.165) is 25.7 Å². The number of nitrogens with one attached hydrogen (secondary N) is 1. The van der Waals surface area contributed by atoms with Crippen LogP contribution < -0.4 is 10.1 Å². The number of aliphatic hydroxyl groups is 1. The summed E-state index contributed by atoms with van der Waals surface area (Å²) in [7, 11) is -1.82. The first kappa shape index (κ1) is 23.5. The molecule has 0 saturated heterocycles. The normalized spacial score (nSPS) is 21.7. The van der Waals surface area contributed by atoms with Crippen molar-refractivity contribution in [3.8, 4) is 5.75 Å². The topological polar surface area (TPSA) is 95.9 Å². The summed E-state index contributed by atoms with van der Waals surface area (Å²) in [5, 5.41) is 13.2. The van der Waals surface area contributed by atoms with E-state index in [4.69, 9.17) is 4.74 Å². The first-order valence-electron chi connectivity index (χ1n) is 10.4. The predicted octanol–water partition coefficient (Wildman–Crippen LogP) is 4.22. The number of rotatable bonds is 7. The van der Waals surface area contributed by atoms with Gasteiger partial charge in [0.2, 0.25) is 7.37 Å². The highest BCUT2D eigenvalue weighted by molar-refractivity contribution is 7.57. The summed E-state index contributed by atoms with van der Waals surface area (Å²) < 4.78 is 31.0. The second-order valence-corrected chi connectivity index (χ2v) is 10.8. The summed E-state index contributed by atoms with van der Waals surface area (Å²) in [6, 6.07) is 11.2. The first-order valence-corrected chi connectivity index (χ1v) is 12.7. The average Bonchev–Trinajstić information content (AvgIpc) is 2.73. The maximum Gasteiger partial charge on any atom is 0.251 e. The van der Waals surface area contributed by atoms with Crippen molar-refractivity contribution in [3.63, 3.8) is 0 Å². The molecule has 8 heteroatoms. The highest BCUT2D eigenvalue weighted by Crippen LogP contribution is 2.40. The van der Waals surface area contributed by atoms with Gasteiger partial charge in [0.25, 0.3) is 5.91 Å². The van der Waals surface area contributed by atoms with Gasteiger partial charge in [0, 0.05) is 18.3 Å². The molecule has 2 aromatic rings. The fourth-order valence-electron chi connectivity index (χ4n) is 4.09. The number of carbonyl (C=O) groups is 1. The molecule has 2 aromatic carbocycles. The number of hydrogen-bond donors (Lipinski definition) is 3. The molecule has 0 bridgehead atoms. The lowest BCUT2D eigenvalue weighted by atomic mass is 9.81. The third kappa shape index (κ3) is 6.39. The molecule has 6 nitrogen and oxygen atoms in total. The van der Waals surface area contributed by atoms with Gasteiger partial charge in [0.1, 0.15) is 11.6 Å². The minimum Gasteiger partial charge on any atom is -0.497 e. The van der Waals surface area contributed by atoms with Crippen LogP contribution in [0.1, 0.15) is 59.2 Å². The number of methoxy groups -OCH3 is 1. The number of hydrogen-bond acceptors (Lipinski definition) is 4.